The van der Waals surface area contributed by atoms with Crippen molar-refractivity contribution in [3.63, 3.8) is 0 Å². The minimum atomic E-state index is 0.894. The lowest BCUT2D eigenvalue weighted by atomic mass is 9.92. The standard InChI is InChI=1S/C104H68N2OS/c1-2-19-69(20-3-1)77-27-13-34-89(63-77)105(87-52-45-70(46-53-87)82-51-58-102-100(67-82)97-39-6-8-43-101(97)107-102)91-36-15-30-80(65-91)76-26-12-32-85(61-76)95-42-18-33-86-62-81(49-56-96(86)95)74-24-10-23-73(59-74)78-28-14-35-90(64-78)106(88-54-47-71(48-55-88)83-50-57-99-98-40-7-9-44-103(98)108-104(99)68-83)92-37-16-29-79(66-92)75-25-11-31-84(60-75)94-41-17-22-72-21-4-5-38-93(72)94/h1-68H. The van der Waals surface area contributed by atoms with Gasteiger partial charge in [-0.1, -0.05) is 285 Å². The number of benzene rings is 18. The minimum absolute atomic E-state index is 0.894. The molecule has 0 spiro atoms. The smallest absolute Gasteiger partial charge is 0.135 e. The average molecular weight is 1390 g/mol. The van der Waals surface area contributed by atoms with Crippen molar-refractivity contribution in [2.45, 2.75) is 0 Å². The molecule has 20 aromatic rings. The Morgan fingerprint density at radius 1 is 0.167 bits per heavy atom. The van der Waals surface area contributed by atoms with Gasteiger partial charge in [-0.25, -0.2) is 0 Å². The van der Waals surface area contributed by atoms with Crippen molar-refractivity contribution in [3.8, 4) is 100 Å². The molecule has 2 aromatic heterocycles. The monoisotopic (exact) mass is 1390 g/mol. The Labute approximate surface area is 631 Å². The zero-order valence-corrected chi connectivity index (χ0v) is 59.8. The fourth-order valence-electron chi connectivity index (χ4n) is 16.0. The predicted molar refractivity (Wildman–Crippen MR) is 460 cm³/mol. The Morgan fingerprint density at radius 3 is 1.08 bits per heavy atom. The van der Waals surface area contributed by atoms with E-state index in [0.29, 0.717) is 0 Å². The molecule has 2 heterocycles. The molecule has 0 bridgehead atoms. The first-order valence-electron chi connectivity index (χ1n) is 36.9. The van der Waals surface area contributed by atoms with Gasteiger partial charge < -0.3 is 14.2 Å². The highest BCUT2D eigenvalue weighted by atomic mass is 32.1. The van der Waals surface area contributed by atoms with Crippen LogP contribution in [0.25, 0.3) is 164 Å². The Bertz CT molecular complexity index is 6820. The van der Waals surface area contributed by atoms with Crippen LogP contribution in [0.3, 0.4) is 0 Å². The van der Waals surface area contributed by atoms with Gasteiger partial charge in [-0.3, -0.25) is 0 Å². The van der Waals surface area contributed by atoms with E-state index in [2.05, 4.69) is 410 Å². The maximum Gasteiger partial charge on any atom is 0.135 e. The van der Waals surface area contributed by atoms with Crippen LogP contribution in [0.5, 0.6) is 0 Å². The lowest BCUT2D eigenvalue weighted by Gasteiger charge is -2.27. The lowest BCUT2D eigenvalue weighted by molar-refractivity contribution is 0.669. The Balaban J connectivity index is 0.609. The topological polar surface area (TPSA) is 19.6 Å². The number of fused-ring (bicyclic) bond motifs is 8. The van der Waals surface area contributed by atoms with E-state index in [1.807, 2.05) is 23.5 Å². The van der Waals surface area contributed by atoms with E-state index in [1.165, 1.54) is 75.1 Å². The van der Waals surface area contributed by atoms with Crippen molar-refractivity contribution in [2.24, 2.45) is 0 Å². The molecule has 0 N–H and O–H groups in total. The molecule has 18 aromatic carbocycles. The number of para-hydroxylation sites is 1. The molecule has 108 heavy (non-hydrogen) atoms. The predicted octanol–water partition coefficient (Wildman–Crippen LogP) is 30.2. The van der Waals surface area contributed by atoms with Gasteiger partial charge in [0.2, 0.25) is 0 Å². The van der Waals surface area contributed by atoms with Gasteiger partial charge in [-0.15, -0.1) is 11.3 Å². The summed E-state index contributed by atoms with van der Waals surface area (Å²) in [6, 6.07) is 151. The van der Waals surface area contributed by atoms with E-state index < -0.39 is 0 Å². The highest BCUT2D eigenvalue weighted by Gasteiger charge is 2.20. The van der Waals surface area contributed by atoms with Crippen molar-refractivity contribution < 1.29 is 4.42 Å². The van der Waals surface area contributed by atoms with Gasteiger partial charge in [0.25, 0.3) is 0 Å². The Hall–Kier alpha value is -13.9. The summed E-state index contributed by atoms with van der Waals surface area (Å²) < 4.78 is 8.82. The van der Waals surface area contributed by atoms with Crippen molar-refractivity contribution in [1.82, 2.24) is 0 Å². The zero-order chi connectivity index (χ0) is 71.4. The van der Waals surface area contributed by atoms with Gasteiger partial charge in [-0.05, 0) is 249 Å². The van der Waals surface area contributed by atoms with Crippen molar-refractivity contribution in [2.75, 3.05) is 9.80 Å². The number of hydrogen-bond donors (Lipinski definition) is 0. The maximum atomic E-state index is 6.21. The molecule has 0 radical (unpaired) electrons. The van der Waals surface area contributed by atoms with E-state index in [9.17, 15) is 0 Å². The Morgan fingerprint density at radius 2 is 0.509 bits per heavy atom. The van der Waals surface area contributed by atoms with Gasteiger partial charge >= 0.3 is 0 Å². The van der Waals surface area contributed by atoms with Gasteiger partial charge in [0.15, 0.2) is 0 Å². The summed E-state index contributed by atoms with van der Waals surface area (Å²) in [4.78, 5) is 4.79. The minimum Gasteiger partial charge on any atom is -0.456 e. The molecule has 0 unspecified atom stereocenters. The van der Waals surface area contributed by atoms with Crippen molar-refractivity contribution in [1.29, 1.82) is 0 Å². The van der Waals surface area contributed by atoms with E-state index in [-0.39, 0.29) is 0 Å². The largest absolute Gasteiger partial charge is 0.456 e. The number of anilines is 6. The molecule has 20 rings (SSSR count). The fraction of sp³-hybridized carbons (Fsp3) is 0. The summed E-state index contributed by atoms with van der Waals surface area (Å²) >= 11 is 1.86. The Kier molecular flexibility index (Phi) is 16.1. The second-order valence-electron chi connectivity index (χ2n) is 28.0. The van der Waals surface area contributed by atoms with Gasteiger partial charge in [-0.2, -0.15) is 0 Å². The van der Waals surface area contributed by atoms with Gasteiger partial charge in [0.05, 0.1) is 0 Å². The molecule has 0 atom stereocenters. The van der Waals surface area contributed by atoms with Crippen LogP contribution in [-0.4, -0.2) is 0 Å². The van der Waals surface area contributed by atoms with E-state index in [4.69, 9.17) is 4.42 Å². The third-order valence-corrected chi connectivity index (χ3v) is 22.5. The van der Waals surface area contributed by atoms with Crippen LogP contribution in [0.4, 0.5) is 34.1 Å². The molecule has 0 aliphatic rings. The maximum absolute atomic E-state index is 6.21. The third kappa shape index (κ3) is 12.0. The first kappa shape index (κ1) is 63.8. The zero-order valence-electron chi connectivity index (χ0n) is 59.0. The normalized spacial score (nSPS) is 11.5. The highest BCUT2D eigenvalue weighted by Crippen LogP contribution is 2.45. The molecular weight excluding hydrogens is 1330 g/mol. The van der Waals surface area contributed by atoms with Crippen molar-refractivity contribution >= 4 is 109 Å². The van der Waals surface area contributed by atoms with Crippen LogP contribution in [0.2, 0.25) is 0 Å². The van der Waals surface area contributed by atoms with Gasteiger partial charge in [0, 0.05) is 65.1 Å². The highest BCUT2D eigenvalue weighted by molar-refractivity contribution is 7.25. The van der Waals surface area contributed by atoms with Crippen LogP contribution in [0.1, 0.15) is 0 Å². The summed E-state index contributed by atoms with van der Waals surface area (Å²) in [5.41, 5.74) is 29.2. The molecule has 506 valence electrons. The number of furan rings is 1. The molecule has 0 saturated heterocycles. The lowest BCUT2D eigenvalue weighted by Crippen LogP contribution is -2.10. The second-order valence-corrected chi connectivity index (χ2v) is 29.0. The molecule has 0 aliphatic heterocycles. The third-order valence-electron chi connectivity index (χ3n) is 21.4. The molecule has 4 heteroatoms. The van der Waals surface area contributed by atoms with Crippen LogP contribution in [-0.2, 0) is 0 Å². The molecule has 3 nitrogen and oxygen atoms in total. The molecule has 0 fully saturated rings. The van der Waals surface area contributed by atoms with Crippen LogP contribution in [0, 0.1) is 0 Å². The van der Waals surface area contributed by atoms with E-state index >= 15 is 0 Å². The van der Waals surface area contributed by atoms with E-state index in [0.717, 1.165) is 123 Å². The number of nitrogens with zero attached hydrogens (tertiary/aromatic N) is 2. The number of rotatable bonds is 15. The fourth-order valence-corrected chi connectivity index (χ4v) is 17.2. The second kappa shape index (κ2) is 27.3. The average Bonchev–Trinajstić information content (AvgIpc) is 1.55. The quantitative estimate of drug-likeness (QED) is 0.102. The summed E-state index contributed by atoms with van der Waals surface area (Å²) in [5, 5.41) is 9.73. The molecular formula is C104H68N2OS. The first-order valence-corrected chi connectivity index (χ1v) is 37.7. The first-order chi connectivity index (χ1) is 53.5. The van der Waals surface area contributed by atoms with Gasteiger partial charge in [0.1, 0.15) is 11.2 Å². The van der Waals surface area contributed by atoms with Crippen molar-refractivity contribution in [3.05, 3.63) is 413 Å². The summed E-state index contributed by atoms with van der Waals surface area (Å²) in [7, 11) is 0. The summed E-state index contributed by atoms with van der Waals surface area (Å²) in [6.45, 7) is 0. The molecule has 0 saturated carbocycles. The number of hydrogen-bond acceptors (Lipinski definition) is 4. The molecule has 0 amide bonds. The summed E-state index contributed by atoms with van der Waals surface area (Å²) in [6.07, 6.45) is 0. The SMILES string of the molecule is c1ccc(-c2cccc(N(c3ccc(-c4ccc5oc6ccccc6c5c4)cc3)c3cccc(-c4cccc(-c5cccc6cc(-c7cccc(-c8cccc(N(c9ccc(-c%10ccc%11c(c%10)sc%10ccccc%10%11)cc9)c9cccc(-c%10cccc(-c%11cccc%12ccccc%11%12)c%10)c9)c8)c7)ccc56)c4)c3)c2)cc1. The number of thiophene rings is 1. The van der Waals surface area contributed by atoms with Crippen LogP contribution >= 0.6 is 11.3 Å². The van der Waals surface area contributed by atoms with Crippen LogP contribution < -0.4 is 9.80 Å². The van der Waals surface area contributed by atoms with E-state index in [1.54, 1.807) is 0 Å². The van der Waals surface area contributed by atoms with Crippen LogP contribution in [0.15, 0.2) is 417 Å². The molecule has 0 aliphatic carbocycles. The summed E-state index contributed by atoms with van der Waals surface area (Å²) in [5.74, 6) is 0.